The predicted molar refractivity (Wildman–Crippen MR) is 22.0 cm³/mol. The van der Waals surface area contributed by atoms with E-state index in [1.54, 1.807) is 0 Å². The molecule has 0 rings (SSSR count). The Morgan fingerprint density at radius 3 is 2.00 bits per heavy atom. The second-order valence-corrected chi connectivity index (χ2v) is 1.08. The van der Waals surface area contributed by atoms with Crippen LogP contribution in [0.3, 0.4) is 0 Å². The molecule has 0 unspecified atom stereocenters. The van der Waals surface area contributed by atoms with Gasteiger partial charge in [0.1, 0.15) is 0 Å². The molecule has 40 valence electrons. The van der Waals surface area contributed by atoms with Gasteiger partial charge in [-0.3, -0.25) is 0 Å². The zero-order chi connectivity index (χ0) is 4.12. The minimum absolute atomic E-state index is 0. The van der Waals surface area contributed by atoms with Crippen LogP contribution in [-0.2, 0) is 0 Å². The van der Waals surface area contributed by atoms with E-state index in [9.17, 15) is 0 Å². The first-order chi connectivity index (χ1) is 2.41. The fraction of sp³-hybridized carbons (Fsp3) is 1.00. The van der Waals surface area contributed by atoms with Gasteiger partial charge >= 0.3 is 0 Å². The molecule has 0 bridgehead atoms. The van der Waals surface area contributed by atoms with E-state index in [1.165, 1.54) is 0 Å². The molecule has 0 saturated carbocycles. The van der Waals surface area contributed by atoms with Gasteiger partial charge in [-0.2, -0.15) is 0 Å². The number of rotatable bonds is 2. The minimum atomic E-state index is 0. The fourth-order valence-electron chi connectivity index (χ4n) is 0.158. The molecule has 2 heteroatoms. The van der Waals surface area contributed by atoms with Crippen molar-refractivity contribution in [2.24, 2.45) is 0 Å². The molecule has 0 aromatic heterocycles. The number of unbranched alkanes of at least 4 members (excludes halogenated alkanes) is 1. The zero-order valence-electron chi connectivity index (χ0n) is 3.92. The van der Waals surface area contributed by atoms with Crippen LogP contribution in [0.25, 0.3) is 0 Å². The number of hydrogen-bond donors (Lipinski definition) is 1. The summed E-state index contributed by atoms with van der Waals surface area (Å²) >= 11 is 0. The average molecular weight is 231 g/mol. The second kappa shape index (κ2) is 9.56. The van der Waals surface area contributed by atoms with Gasteiger partial charge in [0.25, 0.3) is 0 Å². The van der Waals surface area contributed by atoms with Crippen molar-refractivity contribution in [1.29, 1.82) is 0 Å². The van der Waals surface area contributed by atoms with Crippen molar-refractivity contribution in [3.8, 4) is 0 Å². The standard InChI is InChI=1S/C4H10O.Gd/c1-2-3-4-5;/h5H,2-4H2,1H3;. The Morgan fingerprint density at radius 2 is 2.00 bits per heavy atom. The van der Waals surface area contributed by atoms with Crippen molar-refractivity contribution in [3.63, 3.8) is 0 Å². The topological polar surface area (TPSA) is 20.2 Å². The van der Waals surface area contributed by atoms with Crippen molar-refractivity contribution >= 4 is 0 Å². The molecular formula is C4H10GdO. The normalized spacial score (nSPS) is 7.00. The molecule has 0 aliphatic rings. The van der Waals surface area contributed by atoms with Crippen LogP contribution in [0.1, 0.15) is 19.8 Å². The van der Waals surface area contributed by atoms with Crippen LogP contribution < -0.4 is 0 Å². The summed E-state index contributed by atoms with van der Waals surface area (Å²) < 4.78 is 0. The summed E-state index contributed by atoms with van der Waals surface area (Å²) in [4.78, 5) is 0. The van der Waals surface area contributed by atoms with Gasteiger partial charge in [0, 0.05) is 46.5 Å². The first kappa shape index (κ1) is 10.3. The van der Waals surface area contributed by atoms with Gasteiger partial charge in [-0.15, -0.1) is 0 Å². The first-order valence-corrected chi connectivity index (χ1v) is 2.02. The molecule has 0 fully saturated rings. The fourth-order valence-corrected chi connectivity index (χ4v) is 0.158. The van der Waals surface area contributed by atoms with Crippen LogP contribution in [0.2, 0.25) is 0 Å². The Balaban J connectivity index is 0. The molecule has 0 spiro atoms. The Morgan fingerprint density at radius 1 is 1.50 bits per heavy atom. The molecule has 6 heavy (non-hydrogen) atoms. The molecule has 0 saturated heterocycles. The summed E-state index contributed by atoms with van der Waals surface area (Å²) in [5, 5.41) is 8.07. The quantitative estimate of drug-likeness (QED) is 0.744. The summed E-state index contributed by atoms with van der Waals surface area (Å²) in [6.45, 7) is 2.40. The van der Waals surface area contributed by atoms with Crippen LogP contribution in [0.5, 0.6) is 0 Å². The molecule has 1 N–H and O–H groups in total. The van der Waals surface area contributed by atoms with Gasteiger partial charge in [-0.1, -0.05) is 13.3 Å². The molecule has 0 aromatic rings. The van der Waals surface area contributed by atoms with Gasteiger partial charge in [-0.05, 0) is 6.42 Å². The molecular weight excluding hydrogens is 221 g/mol. The molecule has 0 atom stereocenters. The maximum absolute atomic E-state index is 8.07. The van der Waals surface area contributed by atoms with Crippen molar-refractivity contribution in [3.05, 3.63) is 0 Å². The molecule has 1 nitrogen and oxygen atoms in total. The molecule has 0 radical (unpaired) electrons. The van der Waals surface area contributed by atoms with Gasteiger partial charge in [0.05, 0.1) is 0 Å². The summed E-state index contributed by atoms with van der Waals surface area (Å²) in [6, 6.07) is 0. The van der Waals surface area contributed by atoms with Crippen molar-refractivity contribution in [2.45, 2.75) is 19.8 Å². The van der Waals surface area contributed by atoms with Gasteiger partial charge in [0.2, 0.25) is 0 Å². The number of aliphatic hydroxyl groups excluding tert-OH is 1. The number of hydrogen-bond acceptors (Lipinski definition) is 1. The average Bonchev–Trinajstić information content (AvgIpc) is 1.41. The van der Waals surface area contributed by atoms with Gasteiger partial charge < -0.3 is 5.11 Å². The van der Waals surface area contributed by atoms with E-state index < -0.39 is 0 Å². The largest absolute Gasteiger partial charge is 0.396 e. The molecule has 0 heterocycles. The van der Waals surface area contributed by atoms with Gasteiger partial charge in [-0.25, -0.2) is 0 Å². The Kier molecular flexibility index (Phi) is 16.4. The van der Waals surface area contributed by atoms with E-state index in [1.807, 2.05) is 0 Å². The third kappa shape index (κ3) is 8.99. The first-order valence-electron chi connectivity index (χ1n) is 2.02. The molecule has 0 aromatic carbocycles. The molecule has 0 aliphatic heterocycles. The summed E-state index contributed by atoms with van der Waals surface area (Å²) in [7, 11) is 0. The Labute approximate surface area is 70.8 Å². The SMILES string of the molecule is CCCCO.[Gd]. The Hall–Kier alpha value is 1.28. The van der Waals surface area contributed by atoms with Gasteiger partial charge in [0.15, 0.2) is 0 Å². The Bertz CT molecular complexity index is 15.0. The summed E-state index contributed by atoms with van der Waals surface area (Å²) in [5.74, 6) is 0. The summed E-state index contributed by atoms with van der Waals surface area (Å²) in [6.07, 6.45) is 2.04. The monoisotopic (exact) mass is 232 g/mol. The third-order valence-electron chi connectivity index (χ3n) is 0.512. The van der Waals surface area contributed by atoms with Crippen LogP contribution in [-0.4, -0.2) is 11.7 Å². The third-order valence-corrected chi connectivity index (χ3v) is 0.512. The van der Waals surface area contributed by atoms with Crippen molar-refractivity contribution < 1.29 is 45.0 Å². The van der Waals surface area contributed by atoms with E-state index in [2.05, 4.69) is 6.92 Å². The van der Waals surface area contributed by atoms with Crippen LogP contribution in [0.15, 0.2) is 0 Å². The maximum Gasteiger partial charge on any atom is 0.0430 e. The van der Waals surface area contributed by atoms with Crippen LogP contribution in [0.4, 0.5) is 0 Å². The van der Waals surface area contributed by atoms with Crippen molar-refractivity contribution in [1.82, 2.24) is 0 Å². The van der Waals surface area contributed by atoms with Crippen molar-refractivity contribution in [2.75, 3.05) is 6.61 Å². The van der Waals surface area contributed by atoms with E-state index in [-0.39, 0.29) is 39.9 Å². The summed E-state index contributed by atoms with van der Waals surface area (Å²) in [5.41, 5.74) is 0. The van der Waals surface area contributed by atoms with E-state index in [4.69, 9.17) is 5.11 Å². The second-order valence-electron chi connectivity index (χ2n) is 1.08. The minimum Gasteiger partial charge on any atom is -0.396 e. The molecule has 0 amide bonds. The van der Waals surface area contributed by atoms with E-state index in [0.29, 0.717) is 6.61 Å². The van der Waals surface area contributed by atoms with E-state index >= 15 is 0 Å². The van der Waals surface area contributed by atoms with E-state index in [0.717, 1.165) is 12.8 Å². The predicted octanol–water partition coefficient (Wildman–Crippen LogP) is 0.779. The van der Waals surface area contributed by atoms with Crippen LogP contribution >= 0.6 is 0 Å². The maximum atomic E-state index is 8.07. The van der Waals surface area contributed by atoms with Crippen LogP contribution in [0, 0.1) is 39.9 Å². The number of aliphatic hydroxyl groups is 1. The smallest absolute Gasteiger partial charge is 0.0430 e. The zero-order valence-corrected chi connectivity index (χ0v) is 6.19. The molecule has 0 aliphatic carbocycles.